The number of imide groups is 1. The Bertz CT molecular complexity index is 1580. The van der Waals surface area contributed by atoms with Crippen LogP contribution in [0.4, 0.5) is 44.1 Å². The van der Waals surface area contributed by atoms with Crippen molar-refractivity contribution in [2.45, 2.75) is 32.4 Å². The first kappa shape index (κ1) is 32.0. The van der Waals surface area contributed by atoms with E-state index in [9.17, 15) is 27.9 Å². The minimum atomic E-state index is -3.36. The van der Waals surface area contributed by atoms with Crippen LogP contribution in [0.3, 0.4) is 0 Å². The number of amides is 2. The second-order valence-corrected chi connectivity index (χ2v) is 11.0. The maximum Gasteiger partial charge on any atom is 0.419 e. The Balaban J connectivity index is 1.69. The van der Waals surface area contributed by atoms with Gasteiger partial charge < -0.3 is 19.6 Å². The molecule has 2 aliphatic rings. The number of carboxylic acid groups (broad SMARTS) is 1. The SMILES string of the molecule is C[C@@H]1CN(c2cc(F)c(-c3cnc(N4CCOCC4)nc3)c(F)c2N(C(=O)O)C(=O)c2ccc(F)cc2C(F)F)C[C@H](C)N1C. The number of hydrogen-bond acceptors (Lipinski definition) is 8. The summed E-state index contributed by atoms with van der Waals surface area (Å²) in [5.74, 6) is -4.88. The highest BCUT2D eigenvalue weighted by Crippen LogP contribution is 2.42. The molecule has 0 bridgehead atoms. The highest BCUT2D eigenvalue weighted by molar-refractivity contribution is 6.21. The van der Waals surface area contributed by atoms with Gasteiger partial charge in [-0.15, -0.1) is 0 Å². The number of benzene rings is 2. The van der Waals surface area contributed by atoms with Crippen molar-refractivity contribution in [2.75, 3.05) is 61.1 Å². The summed E-state index contributed by atoms with van der Waals surface area (Å²) in [7, 11) is 1.87. The normalized spacial score (nSPS) is 19.2. The van der Waals surface area contributed by atoms with Gasteiger partial charge in [0.05, 0.1) is 24.5 Å². The molecule has 2 aromatic carbocycles. The lowest BCUT2D eigenvalue weighted by Gasteiger charge is -2.44. The molecule has 3 heterocycles. The summed E-state index contributed by atoms with van der Waals surface area (Å²) in [5, 5.41) is 10.3. The van der Waals surface area contributed by atoms with Gasteiger partial charge in [0.2, 0.25) is 5.95 Å². The largest absolute Gasteiger partial charge is 0.464 e. The zero-order valence-corrected chi connectivity index (χ0v) is 24.7. The average molecular weight is 635 g/mol. The maximum absolute atomic E-state index is 16.7. The van der Waals surface area contributed by atoms with Crippen LogP contribution in [0.25, 0.3) is 11.1 Å². The molecule has 0 saturated carbocycles. The molecule has 240 valence electrons. The highest BCUT2D eigenvalue weighted by Gasteiger charge is 2.38. The molecule has 2 atom stereocenters. The number of carbonyl (C=O) groups is 2. The molecule has 0 radical (unpaired) electrons. The Morgan fingerprint density at radius 1 is 1.00 bits per heavy atom. The number of rotatable bonds is 6. The number of morpholine rings is 1. The third-order valence-corrected chi connectivity index (χ3v) is 8.19. The lowest BCUT2D eigenvalue weighted by Crippen LogP contribution is -2.55. The predicted molar refractivity (Wildman–Crippen MR) is 156 cm³/mol. The molecule has 15 heteroatoms. The Labute approximate surface area is 255 Å². The summed E-state index contributed by atoms with van der Waals surface area (Å²) >= 11 is 0. The van der Waals surface area contributed by atoms with Crippen LogP contribution in [0.2, 0.25) is 0 Å². The molecule has 1 N–H and O–H groups in total. The van der Waals surface area contributed by atoms with E-state index in [-0.39, 0.29) is 41.3 Å². The van der Waals surface area contributed by atoms with Gasteiger partial charge in [0.25, 0.3) is 12.3 Å². The predicted octanol–water partition coefficient (Wildman–Crippen LogP) is 5.19. The maximum atomic E-state index is 16.7. The van der Waals surface area contributed by atoms with E-state index >= 15 is 8.78 Å². The molecule has 45 heavy (non-hydrogen) atoms. The average Bonchev–Trinajstić information content (AvgIpc) is 3.01. The molecule has 1 aromatic heterocycles. The van der Waals surface area contributed by atoms with E-state index in [1.165, 1.54) is 12.4 Å². The number of ether oxygens (including phenoxy) is 1. The highest BCUT2D eigenvalue weighted by atomic mass is 19.3. The van der Waals surface area contributed by atoms with Crippen molar-refractivity contribution in [3.05, 3.63) is 65.2 Å². The molecule has 0 unspecified atom stereocenters. The fourth-order valence-corrected chi connectivity index (χ4v) is 5.61. The minimum absolute atomic E-state index is 0.0384. The van der Waals surface area contributed by atoms with Crippen LogP contribution in [0.5, 0.6) is 0 Å². The minimum Gasteiger partial charge on any atom is -0.464 e. The van der Waals surface area contributed by atoms with E-state index in [1.54, 1.807) is 4.90 Å². The first-order valence-electron chi connectivity index (χ1n) is 14.2. The third kappa shape index (κ3) is 6.27. The Kier molecular flexibility index (Phi) is 9.20. The van der Waals surface area contributed by atoms with Crippen LogP contribution in [-0.4, -0.2) is 90.5 Å². The molecule has 2 saturated heterocycles. The van der Waals surface area contributed by atoms with Gasteiger partial charge in [-0.1, -0.05) is 0 Å². The number of alkyl halides is 2. The molecule has 2 aliphatic heterocycles. The number of hydrogen-bond donors (Lipinski definition) is 1. The van der Waals surface area contributed by atoms with E-state index in [0.29, 0.717) is 50.5 Å². The lowest BCUT2D eigenvalue weighted by atomic mass is 10.0. The van der Waals surface area contributed by atoms with E-state index in [1.807, 2.05) is 30.7 Å². The van der Waals surface area contributed by atoms with Crippen molar-refractivity contribution in [3.63, 3.8) is 0 Å². The summed E-state index contributed by atoms with van der Waals surface area (Å²) in [6.07, 6.45) is -3.03. The fourth-order valence-electron chi connectivity index (χ4n) is 5.61. The van der Waals surface area contributed by atoms with Crippen molar-refractivity contribution >= 4 is 29.3 Å². The van der Waals surface area contributed by atoms with Gasteiger partial charge in [-0.05, 0) is 39.1 Å². The van der Waals surface area contributed by atoms with Crippen LogP contribution in [0.15, 0.2) is 36.7 Å². The van der Waals surface area contributed by atoms with Gasteiger partial charge in [0.1, 0.15) is 17.3 Å². The summed E-state index contributed by atoms with van der Waals surface area (Å²) in [5.41, 5.74) is -3.95. The molecular weight excluding hydrogens is 603 g/mol. The van der Waals surface area contributed by atoms with Gasteiger partial charge in [-0.2, -0.15) is 0 Å². The Morgan fingerprint density at radius 3 is 2.20 bits per heavy atom. The first-order valence-corrected chi connectivity index (χ1v) is 14.2. The molecule has 3 aromatic rings. The molecule has 2 amide bonds. The van der Waals surface area contributed by atoms with Gasteiger partial charge >= 0.3 is 6.09 Å². The second-order valence-electron chi connectivity index (χ2n) is 11.0. The summed E-state index contributed by atoms with van der Waals surface area (Å²) in [4.78, 5) is 40.2. The van der Waals surface area contributed by atoms with Gasteiger partial charge in [0, 0.05) is 73.4 Å². The van der Waals surface area contributed by atoms with Crippen molar-refractivity contribution in [2.24, 2.45) is 0 Å². The van der Waals surface area contributed by atoms with Gasteiger partial charge in [-0.3, -0.25) is 9.69 Å². The number of aromatic nitrogens is 2. The van der Waals surface area contributed by atoms with Crippen LogP contribution in [0, 0.1) is 17.5 Å². The molecular formula is C30H31F5N6O4. The van der Waals surface area contributed by atoms with Gasteiger partial charge in [0.15, 0.2) is 5.82 Å². The zero-order valence-electron chi connectivity index (χ0n) is 24.7. The summed E-state index contributed by atoms with van der Waals surface area (Å²) in [6, 6.07) is 2.44. The number of anilines is 3. The van der Waals surface area contributed by atoms with Gasteiger partial charge in [-0.25, -0.2) is 41.6 Å². The number of carbonyl (C=O) groups excluding carboxylic acids is 1. The Morgan fingerprint density at radius 2 is 1.62 bits per heavy atom. The van der Waals surface area contributed by atoms with Crippen LogP contribution in [-0.2, 0) is 4.74 Å². The number of piperazine rings is 1. The van der Waals surface area contributed by atoms with Crippen LogP contribution in [0.1, 0.15) is 36.2 Å². The number of nitrogens with zero attached hydrogens (tertiary/aromatic N) is 6. The monoisotopic (exact) mass is 634 g/mol. The Hall–Kier alpha value is -4.37. The van der Waals surface area contributed by atoms with Crippen LogP contribution < -0.4 is 14.7 Å². The van der Waals surface area contributed by atoms with Crippen molar-refractivity contribution < 1.29 is 41.4 Å². The van der Waals surface area contributed by atoms with Crippen molar-refractivity contribution in [1.82, 2.24) is 14.9 Å². The molecule has 5 rings (SSSR count). The smallest absolute Gasteiger partial charge is 0.419 e. The van der Waals surface area contributed by atoms with E-state index in [2.05, 4.69) is 9.97 Å². The van der Waals surface area contributed by atoms with Crippen LogP contribution >= 0.6 is 0 Å². The molecule has 2 fully saturated rings. The quantitative estimate of drug-likeness (QED) is 0.367. The van der Waals surface area contributed by atoms with E-state index < -0.39 is 58.3 Å². The second kappa shape index (κ2) is 12.9. The van der Waals surface area contributed by atoms with E-state index in [0.717, 1.165) is 6.07 Å². The molecule has 0 spiro atoms. The topological polar surface area (TPSA) is 102 Å². The summed E-state index contributed by atoms with van der Waals surface area (Å²) in [6.45, 7) is 6.03. The van der Waals surface area contributed by atoms with Crippen molar-refractivity contribution in [1.29, 1.82) is 0 Å². The van der Waals surface area contributed by atoms with Crippen molar-refractivity contribution in [3.8, 4) is 11.1 Å². The number of likely N-dealkylation sites (N-methyl/N-ethyl adjacent to an activating group) is 1. The molecule has 0 aliphatic carbocycles. The third-order valence-electron chi connectivity index (χ3n) is 8.19. The summed E-state index contributed by atoms with van der Waals surface area (Å²) < 4.78 is 79.6. The lowest BCUT2D eigenvalue weighted by molar-refractivity contribution is 0.0968. The number of halogens is 5. The molecule has 10 nitrogen and oxygen atoms in total. The standard InChI is InChI=1S/C30H31F5N6O4/c1-16-14-40(15-17(2)38(16)3)23-11-22(32)24(18-12-36-29(37-13-18)39-6-8-45-9-7-39)25(33)26(23)41(30(43)44)28(42)20-5-4-19(31)10-21(20)27(34)35/h4-5,10-13,16-17,27H,6-9,14-15H2,1-3H3,(H,43,44)/t16-,17+. The van der Waals surface area contributed by atoms with E-state index in [4.69, 9.17) is 4.74 Å². The first-order chi connectivity index (χ1) is 21.4. The zero-order chi connectivity index (χ0) is 32.6. The fraction of sp³-hybridized carbons (Fsp3) is 0.400.